The minimum absolute atomic E-state index is 0.135. The second-order valence-corrected chi connectivity index (χ2v) is 6.87. The Morgan fingerprint density at radius 1 is 1.36 bits per heavy atom. The molecule has 2 aromatic heterocycles. The standard InChI is InChI=1S/C16H12ClN3OS/c1-8-7-20-13(9(2)18-16(20)22-8)6-10-14-11(17)4-3-5-12(14)19-15(10)21/h3-7H,1-2H3,(H,19,21)/b10-6+. The number of amides is 1. The van der Waals surface area contributed by atoms with Crippen LogP contribution >= 0.6 is 22.9 Å². The van der Waals surface area contributed by atoms with Gasteiger partial charge in [-0.15, -0.1) is 11.3 Å². The normalized spacial score (nSPS) is 15.6. The van der Waals surface area contributed by atoms with E-state index < -0.39 is 0 Å². The van der Waals surface area contributed by atoms with E-state index in [1.165, 1.54) is 4.88 Å². The fraction of sp³-hybridized carbons (Fsp3) is 0.125. The highest BCUT2D eigenvalue weighted by Crippen LogP contribution is 2.38. The molecule has 0 atom stereocenters. The molecule has 1 aliphatic rings. The molecule has 3 aromatic rings. The van der Waals surface area contributed by atoms with E-state index in [1.54, 1.807) is 17.4 Å². The van der Waals surface area contributed by atoms with E-state index in [9.17, 15) is 4.79 Å². The first kappa shape index (κ1) is 13.5. The third-order valence-corrected chi connectivity index (χ3v) is 4.93. The number of imidazole rings is 1. The lowest BCUT2D eigenvalue weighted by atomic mass is 10.1. The average molecular weight is 330 g/mol. The summed E-state index contributed by atoms with van der Waals surface area (Å²) < 4.78 is 2.02. The maximum atomic E-state index is 12.3. The van der Waals surface area contributed by atoms with Gasteiger partial charge in [0.2, 0.25) is 0 Å². The average Bonchev–Trinajstić information content (AvgIpc) is 3.04. The number of hydrogen-bond acceptors (Lipinski definition) is 3. The third-order valence-electron chi connectivity index (χ3n) is 3.72. The minimum Gasteiger partial charge on any atom is -0.321 e. The van der Waals surface area contributed by atoms with Gasteiger partial charge < -0.3 is 5.32 Å². The van der Waals surface area contributed by atoms with E-state index in [4.69, 9.17) is 11.6 Å². The van der Waals surface area contributed by atoms with E-state index >= 15 is 0 Å². The van der Waals surface area contributed by atoms with Crippen molar-refractivity contribution in [2.24, 2.45) is 0 Å². The molecular weight excluding hydrogens is 318 g/mol. The number of aromatic nitrogens is 2. The largest absolute Gasteiger partial charge is 0.321 e. The summed E-state index contributed by atoms with van der Waals surface area (Å²) >= 11 is 7.91. The van der Waals surface area contributed by atoms with Crippen molar-refractivity contribution in [3.63, 3.8) is 0 Å². The number of rotatable bonds is 1. The lowest BCUT2D eigenvalue weighted by Gasteiger charge is -2.01. The highest BCUT2D eigenvalue weighted by Gasteiger charge is 2.27. The Kier molecular flexibility index (Phi) is 2.89. The van der Waals surface area contributed by atoms with E-state index in [-0.39, 0.29) is 5.91 Å². The van der Waals surface area contributed by atoms with Crippen LogP contribution in [0.15, 0.2) is 24.4 Å². The van der Waals surface area contributed by atoms with Gasteiger partial charge in [-0.2, -0.15) is 0 Å². The zero-order chi connectivity index (χ0) is 15.4. The third kappa shape index (κ3) is 1.90. The fourth-order valence-electron chi connectivity index (χ4n) is 2.73. The summed E-state index contributed by atoms with van der Waals surface area (Å²) in [6, 6.07) is 5.48. The van der Waals surface area contributed by atoms with Crippen LogP contribution in [0, 0.1) is 13.8 Å². The predicted molar refractivity (Wildman–Crippen MR) is 90.5 cm³/mol. The summed E-state index contributed by atoms with van der Waals surface area (Å²) in [5, 5.41) is 3.43. The van der Waals surface area contributed by atoms with Crippen molar-refractivity contribution in [3.05, 3.63) is 51.2 Å². The Labute approximate surface area is 136 Å². The number of nitrogens with zero attached hydrogens (tertiary/aromatic N) is 2. The molecule has 4 nitrogen and oxygen atoms in total. The van der Waals surface area contributed by atoms with Gasteiger partial charge in [0.25, 0.3) is 5.91 Å². The molecule has 0 saturated heterocycles. The van der Waals surface area contributed by atoms with E-state index in [0.29, 0.717) is 10.6 Å². The second kappa shape index (κ2) is 4.69. The zero-order valence-electron chi connectivity index (χ0n) is 12.0. The molecular formula is C16H12ClN3OS. The monoisotopic (exact) mass is 329 g/mol. The summed E-state index contributed by atoms with van der Waals surface area (Å²) in [5.74, 6) is -0.135. The highest BCUT2D eigenvalue weighted by molar-refractivity contribution is 7.17. The van der Waals surface area contributed by atoms with Crippen molar-refractivity contribution < 1.29 is 4.79 Å². The second-order valence-electron chi connectivity index (χ2n) is 5.25. The van der Waals surface area contributed by atoms with Crippen LogP contribution < -0.4 is 5.32 Å². The van der Waals surface area contributed by atoms with Crippen molar-refractivity contribution in [1.29, 1.82) is 0 Å². The van der Waals surface area contributed by atoms with Crippen molar-refractivity contribution in [2.75, 3.05) is 5.32 Å². The first-order chi connectivity index (χ1) is 10.5. The van der Waals surface area contributed by atoms with Crippen LogP contribution in [0.1, 0.15) is 21.8 Å². The molecule has 110 valence electrons. The van der Waals surface area contributed by atoms with Crippen molar-refractivity contribution in [1.82, 2.24) is 9.38 Å². The van der Waals surface area contributed by atoms with Crippen LogP contribution in [0.4, 0.5) is 5.69 Å². The number of thiazole rings is 1. The van der Waals surface area contributed by atoms with Crippen molar-refractivity contribution in [3.8, 4) is 0 Å². The number of aryl methyl sites for hydroxylation is 2. The van der Waals surface area contributed by atoms with E-state index in [1.807, 2.05) is 42.7 Å². The number of hydrogen-bond donors (Lipinski definition) is 1. The number of nitrogens with one attached hydrogen (secondary N) is 1. The smallest absolute Gasteiger partial charge is 0.256 e. The summed E-state index contributed by atoms with van der Waals surface area (Å²) in [6.07, 6.45) is 3.90. The highest BCUT2D eigenvalue weighted by atomic mass is 35.5. The van der Waals surface area contributed by atoms with Gasteiger partial charge in [0, 0.05) is 16.6 Å². The lowest BCUT2D eigenvalue weighted by Crippen LogP contribution is -2.04. The van der Waals surface area contributed by atoms with Gasteiger partial charge in [-0.3, -0.25) is 9.20 Å². The molecule has 0 aliphatic carbocycles. The number of anilines is 1. The van der Waals surface area contributed by atoms with Gasteiger partial charge in [0.1, 0.15) is 0 Å². The maximum absolute atomic E-state index is 12.3. The summed E-state index contributed by atoms with van der Waals surface area (Å²) in [4.78, 5) is 19.0. The minimum atomic E-state index is -0.135. The van der Waals surface area contributed by atoms with Crippen LogP contribution in [0.5, 0.6) is 0 Å². The Morgan fingerprint density at radius 3 is 3.00 bits per heavy atom. The molecule has 1 amide bonds. The van der Waals surface area contributed by atoms with E-state index in [0.717, 1.165) is 27.6 Å². The first-order valence-electron chi connectivity index (χ1n) is 6.81. The molecule has 1 N–H and O–H groups in total. The van der Waals surface area contributed by atoms with Crippen molar-refractivity contribution >= 4 is 51.1 Å². The topological polar surface area (TPSA) is 46.4 Å². The van der Waals surface area contributed by atoms with Crippen LogP contribution in [-0.4, -0.2) is 15.3 Å². The molecule has 4 rings (SSSR count). The van der Waals surface area contributed by atoms with Gasteiger partial charge in [0.15, 0.2) is 4.96 Å². The van der Waals surface area contributed by atoms with Crippen LogP contribution in [-0.2, 0) is 4.79 Å². The van der Waals surface area contributed by atoms with Crippen LogP contribution in [0.2, 0.25) is 5.02 Å². The summed E-state index contributed by atoms with van der Waals surface area (Å²) in [6.45, 7) is 3.99. The molecule has 0 unspecified atom stereocenters. The number of halogens is 1. The van der Waals surface area contributed by atoms with Crippen LogP contribution in [0.25, 0.3) is 16.6 Å². The zero-order valence-corrected chi connectivity index (χ0v) is 13.5. The Morgan fingerprint density at radius 2 is 2.18 bits per heavy atom. The number of carbonyl (C=O) groups excluding carboxylic acids is 1. The molecule has 0 radical (unpaired) electrons. The summed E-state index contributed by atoms with van der Waals surface area (Å²) in [5.41, 5.74) is 3.90. The number of benzene rings is 1. The molecule has 0 saturated carbocycles. The fourth-order valence-corrected chi connectivity index (χ4v) is 3.89. The number of carbonyl (C=O) groups is 1. The molecule has 1 aliphatic heterocycles. The van der Waals surface area contributed by atoms with Gasteiger partial charge >= 0.3 is 0 Å². The Balaban J connectivity index is 1.96. The lowest BCUT2D eigenvalue weighted by molar-refractivity contribution is -0.110. The van der Waals surface area contributed by atoms with Gasteiger partial charge in [0.05, 0.1) is 27.7 Å². The van der Waals surface area contributed by atoms with Gasteiger partial charge in [-0.05, 0) is 32.1 Å². The molecule has 22 heavy (non-hydrogen) atoms. The van der Waals surface area contributed by atoms with Crippen LogP contribution in [0.3, 0.4) is 0 Å². The molecule has 0 spiro atoms. The number of fused-ring (bicyclic) bond motifs is 2. The van der Waals surface area contributed by atoms with E-state index in [2.05, 4.69) is 10.3 Å². The molecule has 1 aromatic carbocycles. The van der Waals surface area contributed by atoms with Gasteiger partial charge in [-0.1, -0.05) is 17.7 Å². The quantitative estimate of drug-likeness (QED) is 0.681. The Bertz CT molecular complexity index is 967. The Hall–Kier alpha value is -2.11. The van der Waals surface area contributed by atoms with Crippen molar-refractivity contribution in [2.45, 2.75) is 13.8 Å². The molecule has 0 bridgehead atoms. The summed E-state index contributed by atoms with van der Waals surface area (Å²) in [7, 11) is 0. The molecule has 6 heteroatoms. The molecule has 0 fully saturated rings. The molecule has 3 heterocycles. The SMILES string of the molecule is Cc1cn2c(/C=C3/C(=O)Nc4cccc(Cl)c43)c(C)nc2s1. The first-order valence-corrected chi connectivity index (χ1v) is 8.01. The maximum Gasteiger partial charge on any atom is 0.256 e. The van der Waals surface area contributed by atoms with Gasteiger partial charge in [-0.25, -0.2) is 4.98 Å². The predicted octanol–water partition coefficient (Wildman–Crippen LogP) is 4.16.